The molecule has 0 unspecified atom stereocenters. The first-order chi connectivity index (χ1) is 14.7. The van der Waals surface area contributed by atoms with Crippen molar-refractivity contribution in [3.8, 4) is 0 Å². The van der Waals surface area contributed by atoms with Crippen LogP contribution < -0.4 is 16.4 Å². The zero-order valence-electron chi connectivity index (χ0n) is 19.5. The van der Waals surface area contributed by atoms with Crippen LogP contribution >= 0.6 is 0 Å². The van der Waals surface area contributed by atoms with E-state index in [-0.39, 0.29) is 23.8 Å². The summed E-state index contributed by atoms with van der Waals surface area (Å²) in [6, 6.07) is 2.83. The Morgan fingerprint density at radius 1 is 0.938 bits per heavy atom. The van der Waals surface area contributed by atoms with Crippen molar-refractivity contribution >= 4 is 29.8 Å². The number of aromatic amines is 1. The van der Waals surface area contributed by atoms with Crippen LogP contribution in [0.3, 0.4) is 0 Å². The molecule has 0 spiro atoms. The monoisotopic (exact) mass is 451 g/mol. The lowest BCUT2D eigenvalue weighted by Gasteiger charge is -2.19. The highest BCUT2D eigenvalue weighted by atomic mass is 16.6. The molecule has 0 saturated carbocycles. The molecule has 0 radical (unpaired) electrons. The number of rotatable bonds is 7. The standard InChI is InChI=1S/C21H33N5O6/c1-20(2,3)31-15(27)9-7-8-12-23-16(28)13-10-11-14(24-13)17(29)25-18(22)26-19(30)32-21(4,5)6/h10-11,24H,7-9,12H2,1-6H3,(H,23,28)(H3,22,25,26,29,30). The number of nitrogens with one attached hydrogen (secondary N) is 3. The van der Waals surface area contributed by atoms with E-state index in [1.165, 1.54) is 12.1 Å². The summed E-state index contributed by atoms with van der Waals surface area (Å²) in [5, 5.41) is 4.93. The zero-order valence-corrected chi connectivity index (χ0v) is 19.5. The Bertz CT molecular complexity index is 861. The Balaban J connectivity index is 2.45. The van der Waals surface area contributed by atoms with Crippen LogP contribution in [-0.2, 0) is 14.3 Å². The molecule has 3 amide bonds. The molecule has 0 aliphatic carbocycles. The van der Waals surface area contributed by atoms with Crippen LogP contribution in [0.1, 0.15) is 81.8 Å². The largest absolute Gasteiger partial charge is 0.460 e. The fourth-order valence-corrected chi connectivity index (χ4v) is 2.34. The average molecular weight is 452 g/mol. The number of hydrogen-bond acceptors (Lipinski definition) is 6. The molecule has 0 aliphatic heterocycles. The van der Waals surface area contributed by atoms with Crippen molar-refractivity contribution in [1.29, 1.82) is 0 Å². The number of aromatic nitrogens is 1. The molecule has 11 heteroatoms. The molecule has 0 atom stereocenters. The number of ether oxygens (including phenoxy) is 2. The van der Waals surface area contributed by atoms with Gasteiger partial charge in [-0.2, -0.15) is 0 Å². The Morgan fingerprint density at radius 3 is 2.06 bits per heavy atom. The summed E-state index contributed by atoms with van der Waals surface area (Å²) < 4.78 is 10.2. The molecule has 0 aliphatic rings. The van der Waals surface area contributed by atoms with E-state index < -0.39 is 35.1 Å². The summed E-state index contributed by atoms with van der Waals surface area (Å²) in [4.78, 5) is 53.7. The van der Waals surface area contributed by atoms with Crippen LogP contribution in [-0.4, -0.2) is 52.6 Å². The lowest BCUT2D eigenvalue weighted by Crippen LogP contribution is -2.38. The van der Waals surface area contributed by atoms with E-state index in [4.69, 9.17) is 15.2 Å². The van der Waals surface area contributed by atoms with Gasteiger partial charge in [-0.1, -0.05) is 0 Å². The summed E-state index contributed by atoms with van der Waals surface area (Å²) in [6.07, 6.45) is 0.501. The molecule has 0 bridgehead atoms. The Morgan fingerprint density at radius 2 is 1.50 bits per heavy atom. The van der Waals surface area contributed by atoms with Crippen LogP contribution in [0.2, 0.25) is 0 Å². The maximum atomic E-state index is 12.2. The second-order valence-corrected chi connectivity index (χ2v) is 9.02. The Hall–Kier alpha value is -3.37. The van der Waals surface area contributed by atoms with Gasteiger partial charge >= 0.3 is 12.1 Å². The molecule has 1 heterocycles. The van der Waals surface area contributed by atoms with E-state index in [1.54, 1.807) is 41.5 Å². The van der Waals surface area contributed by atoms with Crippen LogP contribution in [0.15, 0.2) is 17.1 Å². The van der Waals surface area contributed by atoms with E-state index in [9.17, 15) is 19.2 Å². The summed E-state index contributed by atoms with van der Waals surface area (Å²) in [6.45, 7) is 10.8. The number of aliphatic imine (C=N–C) groups is 1. The van der Waals surface area contributed by atoms with Crippen LogP contribution in [0, 0.1) is 0 Å². The van der Waals surface area contributed by atoms with Gasteiger partial charge in [-0.05, 0) is 66.5 Å². The molecular formula is C21H33N5O6. The zero-order chi connectivity index (χ0) is 24.5. The van der Waals surface area contributed by atoms with Gasteiger partial charge in [0.25, 0.3) is 11.8 Å². The molecule has 0 saturated heterocycles. The summed E-state index contributed by atoms with van der Waals surface area (Å²) >= 11 is 0. The fraction of sp³-hybridized carbons (Fsp3) is 0.571. The Kier molecular flexibility index (Phi) is 9.42. The van der Waals surface area contributed by atoms with Crippen LogP contribution in [0.5, 0.6) is 0 Å². The summed E-state index contributed by atoms with van der Waals surface area (Å²) in [5.74, 6) is -1.80. The number of esters is 1. The van der Waals surface area contributed by atoms with Gasteiger partial charge in [0.1, 0.15) is 22.6 Å². The van der Waals surface area contributed by atoms with Gasteiger partial charge in [-0.3, -0.25) is 19.7 Å². The predicted octanol–water partition coefficient (Wildman–Crippen LogP) is 2.24. The van der Waals surface area contributed by atoms with Gasteiger partial charge in [0.2, 0.25) is 5.96 Å². The topological polar surface area (TPSA) is 165 Å². The average Bonchev–Trinajstić information content (AvgIpc) is 3.08. The van der Waals surface area contributed by atoms with E-state index in [1.807, 2.05) is 0 Å². The predicted molar refractivity (Wildman–Crippen MR) is 118 cm³/mol. The van der Waals surface area contributed by atoms with Crippen molar-refractivity contribution in [1.82, 2.24) is 15.6 Å². The first-order valence-corrected chi connectivity index (χ1v) is 10.2. The number of carbonyl (C=O) groups excluding carboxylic acids is 4. The molecule has 5 N–H and O–H groups in total. The highest BCUT2D eigenvalue weighted by molar-refractivity contribution is 6.07. The third kappa shape index (κ3) is 11.1. The van der Waals surface area contributed by atoms with Gasteiger partial charge in [0.15, 0.2) is 0 Å². The van der Waals surface area contributed by atoms with E-state index >= 15 is 0 Å². The lowest BCUT2D eigenvalue weighted by molar-refractivity contribution is -0.154. The van der Waals surface area contributed by atoms with Gasteiger partial charge < -0.3 is 25.5 Å². The maximum Gasteiger partial charge on any atom is 0.437 e. The highest BCUT2D eigenvalue weighted by Crippen LogP contribution is 2.10. The minimum Gasteiger partial charge on any atom is -0.460 e. The van der Waals surface area contributed by atoms with E-state index in [0.717, 1.165) is 0 Å². The fourth-order valence-electron chi connectivity index (χ4n) is 2.34. The normalized spacial score (nSPS) is 12.1. The lowest BCUT2D eigenvalue weighted by atomic mass is 10.2. The van der Waals surface area contributed by atoms with E-state index in [0.29, 0.717) is 19.4 Å². The molecule has 0 aromatic carbocycles. The van der Waals surface area contributed by atoms with Crippen molar-refractivity contribution in [2.24, 2.45) is 10.7 Å². The second kappa shape index (κ2) is 11.3. The molecule has 32 heavy (non-hydrogen) atoms. The van der Waals surface area contributed by atoms with Crippen molar-refractivity contribution in [3.63, 3.8) is 0 Å². The van der Waals surface area contributed by atoms with Crippen molar-refractivity contribution < 1.29 is 28.7 Å². The van der Waals surface area contributed by atoms with E-state index in [2.05, 4.69) is 20.6 Å². The van der Waals surface area contributed by atoms with Crippen molar-refractivity contribution in [2.45, 2.75) is 72.0 Å². The Labute approximate surface area is 187 Å². The number of amides is 3. The smallest absolute Gasteiger partial charge is 0.437 e. The molecule has 0 fully saturated rings. The number of nitrogens with two attached hydrogens (primary N) is 1. The van der Waals surface area contributed by atoms with Crippen LogP contribution in [0.25, 0.3) is 0 Å². The van der Waals surface area contributed by atoms with Gasteiger partial charge in [0.05, 0.1) is 0 Å². The summed E-state index contributed by atoms with van der Waals surface area (Å²) in [5.41, 5.74) is 4.50. The molecule has 1 aromatic rings. The number of carbonyl (C=O) groups is 4. The van der Waals surface area contributed by atoms with Gasteiger partial charge in [-0.25, -0.2) is 4.79 Å². The minimum absolute atomic E-state index is 0.0578. The molecule has 1 rings (SSSR count). The molecule has 1 aromatic heterocycles. The minimum atomic E-state index is -0.937. The quantitative estimate of drug-likeness (QED) is 0.213. The molecule has 178 valence electrons. The van der Waals surface area contributed by atoms with Gasteiger partial charge in [0, 0.05) is 13.0 Å². The number of unbranched alkanes of at least 4 members (excludes halogenated alkanes) is 1. The number of guanidine groups is 1. The third-order valence-corrected chi connectivity index (χ3v) is 3.54. The maximum absolute atomic E-state index is 12.2. The molecular weight excluding hydrogens is 418 g/mol. The first-order valence-electron chi connectivity index (χ1n) is 10.2. The number of nitrogens with zero attached hydrogens (tertiary/aromatic N) is 1. The third-order valence-electron chi connectivity index (χ3n) is 3.54. The van der Waals surface area contributed by atoms with Crippen LogP contribution in [0.4, 0.5) is 4.79 Å². The van der Waals surface area contributed by atoms with Crippen molar-refractivity contribution in [2.75, 3.05) is 6.54 Å². The highest BCUT2D eigenvalue weighted by Gasteiger charge is 2.18. The number of H-pyrrole nitrogens is 1. The van der Waals surface area contributed by atoms with Gasteiger partial charge in [-0.15, -0.1) is 4.99 Å². The molecule has 11 nitrogen and oxygen atoms in total. The summed E-state index contributed by atoms with van der Waals surface area (Å²) in [7, 11) is 0. The SMILES string of the molecule is CC(C)(C)OC(=O)CCCCNC(=O)c1ccc(C(=O)N/C(N)=N/C(=O)OC(C)(C)C)[nH]1. The second-order valence-electron chi connectivity index (χ2n) is 9.02. The number of hydrogen-bond donors (Lipinski definition) is 4. The van der Waals surface area contributed by atoms with Crippen molar-refractivity contribution in [3.05, 3.63) is 23.5 Å². The first kappa shape index (κ1) is 26.7.